The number of ether oxygens (including phenoxy) is 1. The third-order valence-electron chi connectivity index (χ3n) is 4.38. The molecular weight excluding hydrogens is 280 g/mol. The van der Waals surface area contributed by atoms with E-state index in [1.165, 1.54) is 32.1 Å². The maximum atomic E-state index is 12.1. The molecule has 0 saturated heterocycles. The summed E-state index contributed by atoms with van der Waals surface area (Å²) in [5, 5.41) is -0.254. The number of carbonyl (C=O) groups is 1. The molecule has 0 amide bonds. The molecule has 0 saturated carbocycles. The third-order valence-corrected chi connectivity index (χ3v) is 4.80. The average Bonchev–Trinajstić information content (AvgIpc) is 2.50. The summed E-state index contributed by atoms with van der Waals surface area (Å²) in [5.41, 5.74) is 0. The van der Waals surface area contributed by atoms with E-state index in [4.69, 9.17) is 4.74 Å². The first-order valence-corrected chi connectivity index (χ1v) is 9.45. The number of rotatable bonds is 13. The van der Waals surface area contributed by atoms with E-state index in [0.29, 0.717) is 18.4 Å². The number of carbonyl (C=O) groups excluding carboxylic acids is 1. The number of esters is 1. The van der Waals surface area contributed by atoms with Crippen molar-refractivity contribution in [1.82, 2.24) is 0 Å². The van der Waals surface area contributed by atoms with E-state index in [0.717, 1.165) is 25.7 Å². The first kappa shape index (κ1) is 20.8. The van der Waals surface area contributed by atoms with Gasteiger partial charge in [-0.1, -0.05) is 72.6 Å². The smallest absolute Gasteiger partial charge is 0.318 e. The van der Waals surface area contributed by atoms with Gasteiger partial charge in [0.25, 0.3) is 0 Å². The van der Waals surface area contributed by atoms with Gasteiger partial charge in [0.05, 0.1) is 11.9 Å². The molecule has 0 fully saturated rings. The van der Waals surface area contributed by atoms with E-state index in [1.807, 2.05) is 0 Å². The van der Waals surface area contributed by atoms with Crippen LogP contribution >= 0.6 is 12.6 Å². The van der Waals surface area contributed by atoms with Crippen LogP contribution in [0.2, 0.25) is 0 Å². The van der Waals surface area contributed by atoms with E-state index in [-0.39, 0.29) is 11.2 Å². The lowest BCUT2D eigenvalue weighted by Crippen LogP contribution is -2.24. The molecule has 0 aromatic heterocycles. The molecule has 0 aliphatic heterocycles. The van der Waals surface area contributed by atoms with Crippen LogP contribution in [0.4, 0.5) is 0 Å². The van der Waals surface area contributed by atoms with Crippen molar-refractivity contribution < 1.29 is 9.53 Å². The Hall–Kier alpha value is -0.180. The summed E-state index contributed by atoms with van der Waals surface area (Å²) in [4.78, 5) is 12.1. The lowest BCUT2D eigenvalue weighted by atomic mass is 9.94. The molecule has 3 atom stereocenters. The maximum Gasteiger partial charge on any atom is 0.318 e. The summed E-state index contributed by atoms with van der Waals surface area (Å²) in [6, 6.07) is 0. The van der Waals surface area contributed by atoms with Crippen molar-refractivity contribution in [1.29, 1.82) is 0 Å². The van der Waals surface area contributed by atoms with Crippen molar-refractivity contribution in [2.24, 2.45) is 11.8 Å². The summed E-state index contributed by atoms with van der Waals surface area (Å²) in [6.07, 6.45) is 10.3. The van der Waals surface area contributed by atoms with Crippen LogP contribution in [0.25, 0.3) is 0 Å². The Morgan fingerprint density at radius 1 is 0.952 bits per heavy atom. The summed E-state index contributed by atoms with van der Waals surface area (Å²) >= 11 is 4.47. The molecule has 3 heteroatoms. The minimum atomic E-state index is -0.254. The standard InChI is InChI=1S/C18H36O2S/c1-5-9-11-15(7-3)13-17(21)18(19)20-14-16(8-4)12-10-6-2/h15-17,21H,5-14H2,1-4H3. The van der Waals surface area contributed by atoms with Gasteiger partial charge in [0.2, 0.25) is 0 Å². The van der Waals surface area contributed by atoms with Gasteiger partial charge in [-0.25, -0.2) is 0 Å². The zero-order chi connectivity index (χ0) is 16.1. The Kier molecular flexibility index (Phi) is 13.4. The number of hydrogen-bond donors (Lipinski definition) is 1. The van der Waals surface area contributed by atoms with Crippen LogP contribution in [-0.2, 0) is 9.53 Å². The van der Waals surface area contributed by atoms with Gasteiger partial charge >= 0.3 is 5.97 Å². The summed E-state index contributed by atoms with van der Waals surface area (Å²) in [6.45, 7) is 9.34. The molecule has 21 heavy (non-hydrogen) atoms. The largest absolute Gasteiger partial charge is 0.465 e. The molecule has 0 aromatic carbocycles. The predicted molar refractivity (Wildman–Crippen MR) is 95.0 cm³/mol. The first-order chi connectivity index (χ1) is 10.1. The van der Waals surface area contributed by atoms with Crippen LogP contribution in [0, 0.1) is 11.8 Å². The Balaban J connectivity index is 4.06. The second-order valence-corrected chi connectivity index (χ2v) is 6.84. The van der Waals surface area contributed by atoms with Gasteiger partial charge in [0, 0.05) is 0 Å². The Labute approximate surface area is 137 Å². The van der Waals surface area contributed by atoms with Crippen molar-refractivity contribution >= 4 is 18.6 Å². The van der Waals surface area contributed by atoms with Crippen molar-refractivity contribution in [3.63, 3.8) is 0 Å². The van der Waals surface area contributed by atoms with Crippen LogP contribution in [0.5, 0.6) is 0 Å². The molecule has 3 unspecified atom stereocenters. The van der Waals surface area contributed by atoms with E-state index < -0.39 is 0 Å². The SMILES string of the molecule is CCCCC(CC)COC(=O)C(S)CC(CC)CCCC. The number of hydrogen-bond acceptors (Lipinski definition) is 3. The van der Waals surface area contributed by atoms with Crippen LogP contribution in [-0.4, -0.2) is 17.8 Å². The molecule has 0 spiro atoms. The highest BCUT2D eigenvalue weighted by Gasteiger charge is 2.21. The van der Waals surface area contributed by atoms with Gasteiger partial charge in [0.15, 0.2) is 0 Å². The molecule has 0 N–H and O–H groups in total. The zero-order valence-electron chi connectivity index (χ0n) is 14.6. The monoisotopic (exact) mass is 316 g/mol. The molecule has 0 aromatic rings. The van der Waals surface area contributed by atoms with Crippen molar-refractivity contribution in [2.45, 2.75) is 90.7 Å². The molecule has 0 heterocycles. The highest BCUT2D eigenvalue weighted by atomic mass is 32.1. The molecule has 0 rings (SSSR count). The number of unbranched alkanes of at least 4 members (excludes halogenated alkanes) is 2. The third kappa shape index (κ3) is 10.2. The first-order valence-electron chi connectivity index (χ1n) is 8.93. The van der Waals surface area contributed by atoms with Crippen molar-refractivity contribution in [3.05, 3.63) is 0 Å². The average molecular weight is 317 g/mol. The maximum absolute atomic E-state index is 12.1. The summed E-state index contributed by atoms with van der Waals surface area (Å²) in [5.74, 6) is 0.988. The van der Waals surface area contributed by atoms with Crippen LogP contribution in [0.3, 0.4) is 0 Å². The van der Waals surface area contributed by atoms with Gasteiger partial charge in [0.1, 0.15) is 0 Å². The topological polar surface area (TPSA) is 26.3 Å². The fourth-order valence-corrected chi connectivity index (χ4v) is 2.96. The lowest BCUT2D eigenvalue weighted by Gasteiger charge is -2.20. The van der Waals surface area contributed by atoms with Gasteiger partial charge < -0.3 is 4.74 Å². The normalized spacial score (nSPS) is 15.5. The summed E-state index contributed by atoms with van der Waals surface area (Å²) < 4.78 is 5.49. The Morgan fingerprint density at radius 2 is 1.48 bits per heavy atom. The summed E-state index contributed by atoms with van der Waals surface area (Å²) in [7, 11) is 0. The van der Waals surface area contributed by atoms with Gasteiger partial charge in [-0.05, 0) is 24.7 Å². The van der Waals surface area contributed by atoms with E-state index in [2.05, 4.69) is 40.3 Å². The fourth-order valence-electron chi connectivity index (χ4n) is 2.59. The number of thiol groups is 1. The molecular formula is C18H36O2S. The van der Waals surface area contributed by atoms with Gasteiger partial charge in [-0.3, -0.25) is 4.79 Å². The second-order valence-electron chi connectivity index (χ2n) is 6.21. The molecule has 0 radical (unpaired) electrons. The molecule has 0 aliphatic carbocycles. The molecule has 126 valence electrons. The van der Waals surface area contributed by atoms with Crippen LogP contribution in [0.15, 0.2) is 0 Å². The van der Waals surface area contributed by atoms with E-state index in [1.54, 1.807) is 0 Å². The Bertz CT molecular complexity index is 256. The lowest BCUT2D eigenvalue weighted by molar-refractivity contribution is -0.144. The Morgan fingerprint density at radius 3 is 1.95 bits per heavy atom. The fraction of sp³-hybridized carbons (Fsp3) is 0.944. The van der Waals surface area contributed by atoms with Gasteiger partial charge in [-0.15, -0.1) is 0 Å². The molecule has 0 aliphatic rings. The van der Waals surface area contributed by atoms with Crippen molar-refractivity contribution in [2.75, 3.05) is 6.61 Å². The zero-order valence-corrected chi connectivity index (χ0v) is 15.5. The molecule has 2 nitrogen and oxygen atoms in total. The second kappa shape index (κ2) is 13.5. The molecule has 0 bridgehead atoms. The predicted octanol–water partition coefficient (Wildman–Crippen LogP) is 5.65. The van der Waals surface area contributed by atoms with Gasteiger partial charge in [-0.2, -0.15) is 12.6 Å². The minimum Gasteiger partial charge on any atom is -0.465 e. The quantitative estimate of drug-likeness (QED) is 0.351. The van der Waals surface area contributed by atoms with E-state index in [9.17, 15) is 4.79 Å². The van der Waals surface area contributed by atoms with Crippen molar-refractivity contribution in [3.8, 4) is 0 Å². The highest BCUT2D eigenvalue weighted by molar-refractivity contribution is 7.81. The van der Waals surface area contributed by atoms with Crippen LogP contribution in [0.1, 0.15) is 85.5 Å². The van der Waals surface area contributed by atoms with E-state index >= 15 is 0 Å². The highest BCUT2D eigenvalue weighted by Crippen LogP contribution is 2.22. The minimum absolute atomic E-state index is 0.122. The van der Waals surface area contributed by atoms with Crippen LogP contribution < -0.4 is 0 Å².